The van der Waals surface area contributed by atoms with E-state index in [9.17, 15) is 0 Å². The van der Waals surface area contributed by atoms with Crippen molar-refractivity contribution in [3.8, 4) is 0 Å². The van der Waals surface area contributed by atoms with Gasteiger partial charge in [-0.3, -0.25) is 4.90 Å². The van der Waals surface area contributed by atoms with Crippen molar-refractivity contribution in [1.29, 1.82) is 0 Å². The number of ether oxygens (including phenoxy) is 4. The molecule has 0 aliphatic carbocycles. The summed E-state index contributed by atoms with van der Waals surface area (Å²) in [6.45, 7) is 13.9. The second kappa shape index (κ2) is 18.3. The second-order valence-corrected chi connectivity index (χ2v) is 10.0. The third-order valence-electron chi connectivity index (χ3n) is 6.47. The van der Waals surface area contributed by atoms with Crippen molar-refractivity contribution in [3.05, 3.63) is 131 Å². The van der Waals surface area contributed by atoms with Crippen LogP contribution in [0.25, 0.3) is 0 Å². The van der Waals surface area contributed by atoms with E-state index in [0.717, 1.165) is 32.5 Å². The molecule has 0 N–H and O–H groups in total. The van der Waals surface area contributed by atoms with Crippen LogP contribution in [0.15, 0.2) is 92.0 Å². The molecule has 5 nitrogen and oxygen atoms in total. The lowest BCUT2D eigenvalue weighted by Crippen LogP contribution is -2.23. The van der Waals surface area contributed by atoms with Gasteiger partial charge in [0.25, 0.3) is 0 Å². The number of methoxy groups -OCH3 is 2. The van der Waals surface area contributed by atoms with Crippen molar-refractivity contribution in [1.82, 2.24) is 4.90 Å². The normalized spacial score (nSPS) is 11.2. The highest BCUT2D eigenvalue weighted by molar-refractivity contribution is 5.33. The monoisotopic (exact) mass is 543 g/mol. The Morgan fingerprint density at radius 3 is 1.40 bits per heavy atom. The van der Waals surface area contributed by atoms with Crippen LogP contribution in [0.5, 0.6) is 0 Å². The molecular formula is C35H45NO4. The van der Waals surface area contributed by atoms with Gasteiger partial charge in [-0.25, -0.2) is 0 Å². The average Bonchev–Trinajstić information content (AvgIpc) is 2.94. The summed E-state index contributed by atoms with van der Waals surface area (Å²) >= 11 is 0. The van der Waals surface area contributed by atoms with Crippen molar-refractivity contribution in [2.75, 3.05) is 40.6 Å². The molecule has 0 saturated heterocycles. The molecule has 40 heavy (non-hydrogen) atoms. The third-order valence-corrected chi connectivity index (χ3v) is 6.47. The maximum absolute atomic E-state index is 5.77. The zero-order valence-corrected chi connectivity index (χ0v) is 24.3. The van der Waals surface area contributed by atoms with E-state index in [1.54, 1.807) is 14.2 Å². The van der Waals surface area contributed by atoms with Crippen LogP contribution in [0.1, 0.15) is 38.9 Å². The molecule has 3 rings (SSSR count). The fourth-order valence-corrected chi connectivity index (χ4v) is 4.74. The molecule has 0 aliphatic rings. The van der Waals surface area contributed by atoms with Crippen LogP contribution in [-0.2, 0) is 64.6 Å². The molecule has 0 fully saturated rings. The van der Waals surface area contributed by atoms with E-state index in [4.69, 9.17) is 18.9 Å². The first-order valence-electron chi connectivity index (χ1n) is 14.0. The fourth-order valence-electron chi connectivity index (χ4n) is 4.74. The molecule has 0 heterocycles. The highest BCUT2D eigenvalue weighted by Gasteiger charge is 2.12. The van der Waals surface area contributed by atoms with Gasteiger partial charge < -0.3 is 18.9 Å². The molecule has 3 aromatic rings. The number of rotatable bonds is 20. The molecule has 5 heteroatoms. The summed E-state index contributed by atoms with van der Waals surface area (Å²) < 4.78 is 21.7. The van der Waals surface area contributed by atoms with Crippen LogP contribution in [-0.4, -0.2) is 45.5 Å². The lowest BCUT2D eigenvalue weighted by Gasteiger charge is -2.24. The number of benzene rings is 3. The van der Waals surface area contributed by atoms with Crippen LogP contribution in [0.4, 0.5) is 0 Å². The van der Waals surface area contributed by atoms with Crippen LogP contribution < -0.4 is 0 Å². The van der Waals surface area contributed by atoms with E-state index in [1.165, 1.54) is 38.9 Å². The molecule has 3 aromatic carbocycles. The largest absolute Gasteiger partial charge is 0.382 e. The molecule has 0 aliphatic heterocycles. The summed E-state index contributed by atoms with van der Waals surface area (Å²) in [5, 5.41) is 0. The van der Waals surface area contributed by atoms with Crippen LogP contribution >= 0.6 is 0 Å². The number of hydrogen-bond acceptors (Lipinski definition) is 5. The van der Waals surface area contributed by atoms with Crippen molar-refractivity contribution < 1.29 is 18.9 Å². The number of allylic oxidation sites excluding steroid dienone is 2. The Kier molecular flexibility index (Phi) is 14.4. The zero-order chi connectivity index (χ0) is 28.4. The Labute approximate surface area is 241 Å². The summed E-state index contributed by atoms with van der Waals surface area (Å²) in [6, 6.07) is 24.2. The second-order valence-electron chi connectivity index (χ2n) is 10.0. The molecule has 0 bridgehead atoms. The van der Waals surface area contributed by atoms with Gasteiger partial charge in [-0.1, -0.05) is 78.9 Å². The van der Waals surface area contributed by atoms with Crippen molar-refractivity contribution >= 4 is 0 Å². The Bertz CT molecular complexity index is 1090. The molecule has 214 valence electrons. The van der Waals surface area contributed by atoms with Gasteiger partial charge in [0.15, 0.2) is 0 Å². The Morgan fingerprint density at radius 2 is 0.950 bits per heavy atom. The van der Waals surface area contributed by atoms with E-state index in [-0.39, 0.29) is 0 Å². The minimum Gasteiger partial charge on any atom is -0.382 e. The first kappa shape index (κ1) is 31.5. The van der Waals surface area contributed by atoms with Gasteiger partial charge in [-0.2, -0.15) is 0 Å². The van der Waals surface area contributed by atoms with Gasteiger partial charge in [0.2, 0.25) is 0 Å². The Hall–Kier alpha value is -3.06. The molecule has 0 radical (unpaired) electrons. The maximum atomic E-state index is 5.77. The molecule has 0 spiro atoms. The summed E-state index contributed by atoms with van der Waals surface area (Å²) in [4.78, 5) is 2.50. The zero-order valence-electron chi connectivity index (χ0n) is 24.3. The SMILES string of the molecule is C=CCc1cc(CC=C)cc(CN(Cc2cccc(COCCOC)c2)Cc2cccc(COCCOC)c2)c1. The van der Waals surface area contributed by atoms with Gasteiger partial charge in [-0.15, -0.1) is 13.2 Å². The highest BCUT2D eigenvalue weighted by Crippen LogP contribution is 2.20. The van der Waals surface area contributed by atoms with Crippen LogP contribution in [0.2, 0.25) is 0 Å². The van der Waals surface area contributed by atoms with E-state index in [0.29, 0.717) is 39.6 Å². The summed E-state index contributed by atoms with van der Waals surface area (Å²) in [5.41, 5.74) is 8.75. The predicted molar refractivity (Wildman–Crippen MR) is 163 cm³/mol. The van der Waals surface area contributed by atoms with Crippen molar-refractivity contribution in [2.45, 2.75) is 45.7 Å². The van der Waals surface area contributed by atoms with Crippen LogP contribution in [0, 0.1) is 0 Å². The van der Waals surface area contributed by atoms with Gasteiger partial charge in [0.1, 0.15) is 0 Å². The Balaban J connectivity index is 1.81. The lowest BCUT2D eigenvalue weighted by atomic mass is 10.0. The van der Waals surface area contributed by atoms with Gasteiger partial charge in [0, 0.05) is 33.9 Å². The quantitative estimate of drug-likeness (QED) is 0.118. The van der Waals surface area contributed by atoms with E-state index in [2.05, 4.69) is 84.8 Å². The van der Waals surface area contributed by atoms with Gasteiger partial charge in [0.05, 0.1) is 39.6 Å². The maximum Gasteiger partial charge on any atom is 0.0718 e. The standard InChI is InChI=1S/C35H45NO4/c1-5-9-29-19-30(10-6-2)21-35(20-29)26-36(24-31-11-7-13-33(22-31)27-39-17-15-37-3)25-32-12-8-14-34(23-32)28-40-18-16-38-4/h5-8,11-14,19-23H,1-2,9-10,15-18,24-28H2,3-4H3. The van der Waals surface area contributed by atoms with Crippen molar-refractivity contribution in [3.63, 3.8) is 0 Å². The smallest absolute Gasteiger partial charge is 0.0718 e. The molecule has 0 saturated carbocycles. The van der Waals surface area contributed by atoms with Gasteiger partial charge in [-0.05, 0) is 51.8 Å². The first-order chi connectivity index (χ1) is 19.6. The number of nitrogens with zero attached hydrogens (tertiary/aromatic N) is 1. The molecular weight excluding hydrogens is 498 g/mol. The van der Waals surface area contributed by atoms with E-state index in [1.807, 2.05) is 12.2 Å². The van der Waals surface area contributed by atoms with Crippen molar-refractivity contribution in [2.24, 2.45) is 0 Å². The molecule has 0 amide bonds. The predicted octanol–water partition coefficient (Wildman–Crippen LogP) is 6.67. The fraction of sp³-hybridized carbons (Fsp3) is 0.371. The average molecular weight is 544 g/mol. The number of hydrogen-bond donors (Lipinski definition) is 0. The minimum absolute atomic E-state index is 0.580. The summed E-state index contributed by atoms with van der Waals surface area (Å²) in [5.74, 6) is 0. The highest BCUT2D eigenvalue weighted by atomic mass is 16.5. The van der Waals surface area contributed by atoms with Gasteiger partial charge >= 0.3 is 0 Å². The molecule has 0 unspecified atom stereocenters. The summed E-state index contributed by atoms with van der Waals surface area (Å²) in [7, 11) is 3.38. The molecule has 0 aromatic heterocycles. The Morgan fingerprint density at radius 1 is 0.550 bits per heavy atom. The minimum atomic E-state index is 0.580. The lowest BCUT2D eigenvalue weighted by molar-refractivity contribution is 0.0616. The van der Waals surface area contributed by atoms with E-state index < -0.39 is 0 Å². The first-order valence-corrected chi connectivity index (χ1v) is 14.0. The topological polar surface area (TPSA) is 40.2 Å². The van der Waals surface area contributed by atoms with Crippen LogP contribution in [0.3, 0.4) is 0 Å². The third kappa shape index (κ3) is 11.6. The van der Waals surface area contributed by atoms with E-state index >= 15 is 0 Å². The summed E-state index contributed by atoms with van der Waals surface area (Å²) in [6.07, 6.45) is 5.65. The molecule has 0 atom stereocenters.